The Morgan fingerprint density at radius 1 is 0.816 bits per heavy atom. The molecule has 252 valence electrons. The summed E-state index contributed by atoms with van der Waals surface area (Å²) in [6.45, 7) is 3.12. The molecule has 1 aromatic heterocycles. The van der Waals surface area contributed by atoms with Crippen molar-refractivity contribution in [1.82, 2.24) is 4.98 Å². The van der Waals surface area contributed by atoms with Gasteiger partial charge in [-0.15, -0.1) is 11.6 Å². The van der Waals surface area contributed by atoms with Crippen molar-refractivity contribution in [2.24, 2.45) is 5.16 Å². The smallest absolute Gasteiger partial charge is 0.366 e. The molecule has 1 N–H and O–H groups in total. The van der Waals surface area contributed by atoms with Gasteiger partial charge in [0.25, 0.3) is 0 Å². The van der Waals surface area contributed by atoms with Crippen LogP contribution in [-0.4, -0.2) is 52.3 Å². The Kier molecular flexibility index (Phi) is 11.9. The van der Waals surface area contributed by atoms with E-state index in [-0.39, 0.29) is 11.7 Å². The molecule has 4 aromatic rings. The minimum Gasteiger partial charge on any atom is -0.448 e. The molecule has 0 aliphatic carbocycles. The van der Waals surface area contributed by atoms with E-state index in [1.54, 1.807) is 60.7 Å². The molecule has 0 radical (unpaired) electrons. The van der Waals surface area contributed by atoms with E-state index in [0.29, 0.717) is 11.1 Å². The number of amides is 1. The van der Waals surface area contributed by atoms with E-state index in [0.717, 1.165) is 39.2 Å². The summed E-state index contributed by atoms with van der Waals surface area (Å²) in [5.74, 6) is -7.48. The first-order valence-electron chi connectivity index (χ1n) is 14.1. The van der Waals surface area contributed by atoms with Crippen LogP contribution in [0.2, 0.25) is 0 Å². The van der Waals surface area contributed by atoms with Gasteiger partial charge in [-0.25, -0.2) is 9.59 Å². The molecule has 0 fully saturated rings. The molecule has 0 bridgehead atoms. The number of benzene rings is 3. The number of aromatic nitrogens is 1. The van der Waals surface area contributed by atoms with Crippen LogP contribution in [0.4, 0.5) is 6.01 Å². The number of carbonyl (C=O) groups excluding carboxylic acids is 6. The zero-order valence-corrected chi connectivity index (χ0v) is 26.7. The number of anilines is 1. The Morgan fingerprint density at radius 2 is 1.35 bits per heavy atom. The van der Waals surface area contributed by atoms with E-state index in [4.69, 9.17) is 39.8 Å². The summed E-state index contributed by atoms with van der Waals surface area (Å²) in [4.78, 5) is 83.2. The molecule has 0 spiro atoms. The van der Waals surface area contributed by atoms with Crippen molar-refractivity contribution >= 4 is 59.1 Å². The number of oxime groups is 1. The molecule has 0 aliphatic rings. The molecule has 49 heavy (non-hydrogen) atoms. The first-order chi connectivity index (χ1) is 23.4. The third kappa shape index (κ3) is 9.82. The Hall–Kier alpha value is -6.35. The van der Waals surface area contributed by atoms with Crippen molar-refractivity contribution in [3.8, 4) is 17.2 Å². The van der Waals surface area contributed by atoms with Crippen LogP contribution < -0.4 is 19.5 Å². The second-order valence-electron chi connectivity index (χ2n) is 9.73. The second-order valence-corrected chi connectivity index (χ2v) is 9.99. The third-order valence-electron chi connectivity index (χ3n) is 5.97. The van der Waals surface area contributed by atoms with E-state index >= 15 is 0 Å². The van der Waals surface area contributed by atoms with E-state index in [1.165, 1.54) is 0 Å². The van der Waals surface area contributed by atoms with Gasteiger partial charge < -0.3 is 28.2 Å². The van der Waals surface area contributed by atoms with Crippen LogP contribution in [0.15, 0.2) is 88.6 Å². The lowest BCUT2D eigenvalue weighted by Gasteiger charge is -2.19. The molecule has 3 aromatic carbocycles. The van der Waals surface area contributed by atoms with Crippen LogP contribution in [0.3, 0.4) is 0 Å². The van der Waals surface area contributed by atoms with E-state index in [9.17, 15) is 28.8 Å². The van der Waals surface area contributed by atoms with Crippen molar-refractivity contribution in [2.75, 3.05) is 11.2 Å². The van der Waals surface area contributed by atoms with Crippen LogP contribution >= 0.6 is 11.6 Å². The Balaban J connectivity index is 1.75. The van der Waals surface area contributed by atoms with Crippen LogP contribution in [-0.2, 0) is 33.5 Å². The summed E-state index contributed by atoms with van der Waals surface area (Å²) >= 11 is 5.53. The summed E-state index contributed by atoms with van der Waals surface area (Å²) in [5, 5.41) is 5.97. The molecule has 0 unspecified atom stereocenters. The maximum atomic E-state index is 13.7. The van der Waals surface area contributed by atoms with Gasteiger partial charge in [0.2, 0.25) is 17.4 Å². The SMILES string of the molecule is CC(=O)Oc1cc(C(=O)ON=C(C(=O)OC(c2ccccc2)c2ccccc2)c2coc(NC(=O)CCl)n2)cc(OC(C)=O)c1OC(C)=O. The fraction of sp³-hybridized carbons (Fsp3) is 0.152. The number of hydrogen-bond acceptors (Lipinski definition) is 14. The van der Waals surface area contributed by atoms with Crippen molar-refractivity contribution in [3.63, 3.8) is 0 Å². The minimum atomic E-state index is -1.26. The van der Waals surface area contributed by atoms with Crippen LogP contribution in [0.25, 0.3) is 0 Å². The number of nitrogens with one attached hydrogen (secondary N) is 1. The quantitative estimate of drug-likeness (QED) is 0.0543. The van der Waals surface area contributed by atoms with Gasteiger partial charge in [0.1, 0.15) is 17.8 Å². The molecular weight excluding hydrogens is 666 g/mol. The Bertz CT molecular complexity index is 1830. The highest BCUT2D eigenvalue weighted by Crippen LogP contribution is 2.40. The number of hydrogen-bond donors (Lipinski definition) is 1. The number of nitrogens with zero attached hydrogens (tertiary/aromatic N) is 2. The van der Waals surface area contributed by atoms with Gasteiger partial charge in [-0.3, -0.25) is 24.5 Å². The average molecular weight is 692 g/mol. The highest BCUT2D eigenvalue weighted by Gasteiger charge is 2.28. The third-order valence-corrected chi connectivity index (χ3v) is 6.21. The van der Waals surface area contributed by atoms with Gasteiger partial charge in [0.15, 0.2) is 17.6 Å². The fourth-order valence-electron chi connectivity index (χ4n) is 4.07. The highest BCUT2D eigenvalue weighted by atomic mass is 35.5. The monoisotopic (exact) mass is 691 g/mol. The van der Waals surface area contributed by atoms with Gasteiger partial charge in [0, 0.05) is 20.8 Å². The summed E-state index contributed by atoms with van der Waals surface area (Å²) < 4.78 is 26.3. The molecular formula is C33H26ClN3O12. The van der Waals surface area contributed by atoms with Crippen LogP contribution in [0.1, 0.15) is 54.1 Å². The van der Waals surface area contributed by atoms with Crippen molar-refractivity contribution in [2.45, 2.75) is 26.9 Å². The van der Waals surface area contributed by atoms with Gasteiger partial charge in [-0.05, 0) is 23.3 Å². The molecule has 1 amide bonds. The minimum absolute atomic E-state index is 0.311. The molecule has 0 atom stereocenters. The second kappa shape index (κ2) is 16.5. The lowest BCUT2D eigenvalue weighted by molar-refractivity contribution is -0.139. The first-order valence-corrected chi connectivity index (χ1v) is 14.6. The van der Waals surface area contributed by atoms with Crippen molar-refractivity contribution < 1.29 is 57.0 Å². The number of halogens is 1. The number of esters is 4. The summed E-state index contributed by atoms with van der Waals surface area (Å²) in [7, 11) is 0. The standard InChI is InChI=1S/C33H26ClN3O12/c1-18(38)45-25-14-23(15-26(46-19(2)39)30(25)47-20(3)40)31(42)49-37-28(24-17-44-33(35-24)36-27(41)16-34)32(43)48-29(21-10-6-4-7-11-21)22-12-8-5-9-13-22/h4-15,17,29H,16H2,1-3H3,(H,35,36,41). The zero-order chi connectivity index (χ0) is 35.5. The molecule has 1 heterocycles. The number of carbonyl (C=O) groups is 6. The number of oxazole rings is 1. The Labute approximate surface area is 282 Å². The fourth-order valence-corrected chi connectivity index (χ4v) is 4.14. The van der Waals surface area contributed by atoms with E-state index in [2.05, 4.69) is 15.5 Å². The topological polar surface area (TPSA) is 199 Å². The predicted octanol–water partition coefficient (Wildman–Crippen LogP) is 4.52. The van der Waals surface area contributed by atoms with E-state index < -0.39 is 76.3 Å². The van der Waals surface area contributed by atoms with Crippen molar-refractivity contribution in [1.29, 1.82) is 0 Å². The van der Waals surface area contributed by atoms with Gasteiger partial charge in [-0.2, -0.15) is 4.98 Å². The van der Waals surface area contributed by atoms with E-state index in [1.807, 2.05) is 0 Å². The summed E-state index contributed by atoms with van der Waals surface area (Å²) in [6.07, 6.45) is -0.00641. The maximum absolute atomic E-state index is 13.7. The molecule has 4 rings (SSSR count). The lowest BCUT2D eigenvalue weighted by atomic mass is 10.0. The predicted molar refractivity (Wildman–Crippen MR) is 169 cm³/mol. The van der Waals surface area contributed by atoms with Gasteiger partial charge in [-0.1, -0.05) is 65.8 Å². The normalized spacial score (nSPS) is 10.9. The van der Waals surface area contributed by atoms with Gasteiger partial charge >= 0.3 is 35.9 Å². The molecule has 15 nitrogen and oxygen atoms in total. The number of rotatable bonds is 12. The van der Waals surface area contributed by atoms with Crippen molar-refractivity contribution in [3.05, 3.63) is 101 Å². The number of alkyl halides is 1. The lowest BCUT2D eigenvalue weighted by Crippen LogP contribution is -2.23. The molecule has 0 saturated heterocycles. The van der Waals surface area contributed by atoms with Gasteiger partial charge in [0.05, 0.1) is 5.56 Å². The average Bonchev–Trinajstić information content (AvgIpc) is 3.52. The Morgan fingerprint density at radius 3 is 1.84 bits per heavy atom. The molecule has 0 saturated carbocycles. The summed E-state index contributed by atoms with van der Waals surface area (Å²) in [6, 6.07) is 19.1. The largest absolute Gasteiger partial charge is 0.448 e. The number of ether oxygens (including phenoxy) is 4. The first kappa shape index (κ1) is 35.5. The van der Waals surface area contributed by atoms with Crippen LogP contribution in [0, 0.1) is 0 Å². The maximum Gasteiger partial charge on any atom is 0.366 e. The summed E-state index contributed by atoms with van der Waals surface area (Å²) in [5.41, 5.74) is -0.206. The molecule has 16 heteroatoms. The zero-order valence-electron chi connectivity index (χ0n) is 26.0. The van der Waals surface area contributed by atoms with Crippen LogP contribution in [0.5, 0.6) is 17.2 Å². The molecule has 0 aliphatic heterocycles. The highest BCUT2D eigenvalue weighted by molar-refractivity contribution is 6.42.